The van der Waals surface area contributed by atoms with Gasteiger partial charge in [0.1, 0.15) is 5.82 Å². The summed E-state index contributed by atoms with van der Waals surface area (Å²) in [6.45, 7) is 1.10. The van der Waals surface area contributed by atoms with Crippen molar-refractivity contribution in [1.82, 2.24) is 9.55 Å². The molecule has 3 nitrogen and oxygen atoms in total. The fourth-order valence-electron chi connectivity index (χ4n) is 3.25. The number of imidazole rings is 1. The van der Waals surface area contributed by atoms with E-state index >= 15 is 0 Å². The van der Waals surface area contributed by atoms with E-state index in [-0.39, 0.29) is 0 Å². The molecule has 1 aromatic heterocycles. The average Bonchev–Trinajstić information content (AvgIpc) is 2.85. The molecule has 5 heteroatoms. The molecular weight excluding hydrogens is 308 g/mol. The van der Waals surface area contributed by atoms with Gasteiger partial charge in [-0.3, -0.25) is 0 Å². The van der Waals surface area contributed by atoms with Crippen LogP contribution in [0.5, 0.6) is 0 Å². The highest BCUT2D eigenvalue weighted by molar-refractivity contribution is 5.76. The molecule has 2 N–H and O–H groups in total. The zero-order chi connectivity index (χ0) is 16.7. The first-order chi connectivity index (χ1) is 11.7. The highest BCUT2D eigenvalue weighted by Crippen LogP contribution is 2.37. The Labute approximate surface area is 139 Å². The smallest absolute Gasteiger partial charge is 0.161 e. The van der Waals surface area contributed by atoms with Crippen LogP contribution in [0.3, 0.4) is 0 Å². The highest BCUT2D eigenvalue weighted by Gasteiger charge is 2.26. The molecule has 1 heterocycles. The molecule has 1 saturated carbocycles. The third-order valence-electron chi connectivity index (χ3n) is 4.89. The fourth-order valence-corrected chi connectivity index (χ4v) is 3.25. The molecular formula is C19H19F2N3. The average molecular weight is 327 g/mol. The Bertz CT molecular complexity index is 880. The number of hydrogen-bond donors (Lipinski definition) is 1. The van der Waals surface area contributed by atoms with E-state index in [9.17, 15) is 8.78 Å². The summed E-state index contributed by atoms with van der Waals surface area (Å²) in [5.41, 5.74) is 8.98. The number of halogens is 2. The summed E-state index contributed by atoms with van der Waals surface area (Å²) >= 11 is 0. The van der Waals surface area contributed by atoms with Gasteiger partial charge in [0, 0.05) is 31.1 Å². The number of benzene rings is 2. The second-order valence-electron chi connectivity index (χ2n) is 6.46. The molecule has 0 spiro atoms. The second kappa shape index (κ2) is 5.98. The van der Waals surface area contributed by atoms with Crippen LogP contribution in [0.25, 0.3) is 11.0 Å². The van der Waals surface area contributed by atoms with Crippen molar-refractivity contribution in [2.45, 2.75) is 38.3 Å². The zero-order valence-electron chi connectivity index (χ0n) is 13.3. The molecule has 1 fully saturated rings. The van der Waals surface area contributed by atoms with E-state index in [2.05, 4.69) is 4.98 Å². The summed E-state index contributed by atoms with van der Waals surface area (Å²) in [7, 11) is 0. The molecule has 3 aromatic rings. The standard InChI is InChI=1S/C19H19F2N3/c20-15-8-17-18(9-16(15)21)24(19(23-17)14-2-1-3-14)11-13-6-4-12(10-22)5-7-13/h4-9,14H,1-3,10-11,22H2. The molecule has 0 aliphatic heterocycles. The van der Waals surface area contributed by atoms with Gasteiger partial charge in [-0.25, -0.2) is 13.8 Å². The topological polar surface area (TPSA) is 43.8 Å². The number of aromatic nitrogens is 2. The Balaban J connectivity index is 1.79. The number of nitrogens with zero attached hydrogens (tertiary/aromatic N) is 2. The van der Waals surface area contributed by atoms with Crippen molar-refractivity contribution in [3.63, 3.8) is 0 Å². The Hall–Kier alpha value is -2.27. The first-order valence-electron chi connectivity index (χ1n) is 8.29. The quantitative estimate of drug-likeness (QED) is 0.784. The molecule has 0 atom stereocenters. The van der Waals surface area contributed by atoms with Gasteiger partial charge in [-0.15, -0.1) is 0 Å². The number of hydrogen-bond acceptors (Lipinski definition) is 2. The van der Waals surface area contributed by atoms with E-state index < -0.39 is 11.6 Å². The van der Waals surface area contributed by atoms with Gasteiger partial charge in [0.05, 0.1) is 11.0 Å². The normalized spacial score (nSPS) is 15.0. The second-order valence-corrected chi connectivity index (χ2v) is 6.46. The summed E-state index contributed by atoms with van der Waals surface area (Å²) in [4.78, 5) is 4.60. The van der Waals surface area contributed by atoms with E-state index in [1.54, 1.807) is 0 Å². The van der Waals surface area contributed by atoms with Crippen LogP contribution < -0.4 is 5.73 Å². The SMILES string of the molecule is NCc1ccc(Cn2c(C3CCC3)nc3cc(F)c(F)cc32)cc1. The Morgan fingerprint density at radius 3 is 2.33 bits per heavy atom. The summed E-state index contributed by atoms with van der Waals surface area (Å²) in [6.07, 6.45) is 3.35. The van der Waals surface area contributed by atoms with E-state index in [4.69, 9.17) is 5.73 Å². The lowest BCUT2D eigenvalue weighted by atomic mass is 9.85. The zero-order valence-corrected chi connectivity index (χ0v) is 13.3. The Morgan fingerprint density at radius 1 is 1.04 bits per heavy atom. The number of rotatable bonds is 4. The van der Waals surface area contributed by atoms with Gasteiger partial charge in [0.2, 0.25) is 0 Å². The van der Waals surface area contributed by atoms with Gasteiger partial charge >= 0.3 is 0 Å². The minimum absolute atomic E-state index is 0.381. The van der Waals surface area contributed by atoms with Gasteiger partial charge in [-0.2, -0.15) is 0 Å². The van der Waals surface area contributed by atoms with E-state index in [1.165, 1.54) is 18.6 Å². The molecule has 2 aromatic carbocycles. The summed E-state index contributed by atoms with van der Waals surface area (Å²) < 4.78 is 29.3. The first kappa shape index (κ1) is 15.3. The minimum Gasteiger partial charge on any atom is -0.326 e. The number of nitrogens with two attached hydrogens (primary N) is 1. The number of fused-ring (bicyclic) bond motifs is 1. The van der Waals surface area contributed by atoms with Crippen molar-refractivity contribution >= 4 is 11.0 Å². The van der Waals surface area contributed by atoms with Crippen molar-refractivity contribution in [1.29, 1.82) is 0 Å². The van der Waals surface area contributed by atoms with Crippen molar-refractivity contribution in [2.24, 2.45) is 5.73 Å². The molecule has 1 aliphatic carbocycles. The Morgan fingerprint density at radius 2 is 1.71 bits per heavy atom. The molecule has 0 unspecified atom stereocenters. The predicted molar refractivity (Wildman–Crippen MR) is 89.7 cm³/mol. The summed E-state index contributed by atoms with van der Waals surface area (Å²) in [6, 6.07) is 10.5. The first-order valence-corrected chi connectivity index (χ1v) is 8.29. The van der Waals surface area contributed by atoms with Crippen molar-refractivity contribution in [3.05, 3.63) is 65.0 Å². The van der Waals surface area contributed by atoms with E-state index in [0.29, 0.717) is 30.0 Å². The maximum absolute atomic E-state index is 13.7. The van der Waals surface area contributed by atoms with Gasteiger partial charge < -0.3 is 10.3 Å². The Kier molecular flexibility index (Phi) is 3.81. The summed E-state index contributed by atoms with van der Waals surface area (Å²) in [5, 5.41) is 0. The highest BCUT2D eigenvalue weighted by atomic mass is 19.2. The largest absolute Gasteiger partial charge is 0.326 e. The van der Waals surface area contributed by atoms with Gasteiger partial charge in [0.15, 0.2) is 11.6 Å². The van der Waals surface area contributed by atoms with Crippen LogP contribution in [0.4, 0.5) is 8.78 Å². The lowest BCUT2D eigenvalue weighted by Crippen LogP contribution is -2.16. The maximum atomic E-state index is 13.7. The molecule has 0 bridgehead atoms. The van der Waals surface area contributed by atoms with Crippen LogP contribution in [-0.2, 0) is 13.1 Å². The van der Waals surface area contributed by atoms with Crippen LogP contribution in [0.15, 0.2) is 36.4 Å². The fraction of sp³-hybridized carbons (Fsp3) is 0.316. The van der Waals surface area contributed by atoms with Gasteiger partial charge in [0.25, 0.3) is 0 Å². The van der Waals surface area contributed by atoms with Crippen LogP contribution in [0.1, 0.15) is 42.1 Å². The van der Waals surface area contributed by atoms with E-state index in [0.717, 1.165) is 29.8 Å². The molecule has 4 rings (SSSR count). The summed E-state index contributed by atoms with van der Waals surface area (Å²) in [5.74, 6) is -0.363. The molecule has 124 valence electrons. The third-order valence-corrected chi connectivity index (χ3v) is 4.89. The maximum Gasteiger partial charge on any atom is 0.161 e. The van der Waals surface area contributed by atoms with Gasteiger partial charge in [-0.1, -0.05) is 30.7 Å². The van der Waals surface area contributed by atoms with Crippen molar-refractivity contribution in [2.75, 3.05) is 0 Å². The lowest BCUT2D eigenvalue weighted by molar-refractivity contribution is 0.392. The van der Waals surface area contributed by atoms with Crippen LogP contribution in [0, 0.1) is 11.6 Å². The monoisotopic (exact) mass is 327 g/mol. The van der Waals surface area contributed by atoms with Crippen LogP contribution in [0.2, 0.25) is 0 Å². The van der Waals surface area contributed by atoms with E-state index in [1.807, 2.05) is 28.8 Å². The van der Waals surface area contributed by atoms with Gasteiger partial charge in [-0.05, 0) is 24.0 Å². The third kappa shape index (κ3) is 2.59. The van der Waals surface area contributed by atoms with Crippen LogP contribution >= 0.6 is 0 Å². The predicted octanol–water partition coefficient (Wildman–Crippen LogP) is 4.09. The van der Waals surface area contributed by atoms with Crippen LogP contribution in [-0.4, -0.2) is 9.55 Å². The van der Waals surface area contributed by atoms with Crippen molar-refractivity contribution < 1.29 is 8.78 Å². The molecule has 0 radical (unpaired) electrons. The molecule has 24 heavy (non-hydrogen) atoms. The lowest BCUT2D eigenvalue weighted by Gasteiger charge is -2.25. The molecule has 0 saturated heterocycles. The van der Waals surface area contributed by atoms with Crippen molar-refractivity contribution in [3.8, 4) is 0 Å². The molecule has 0 amide bonds. The minimum atomic E-state index is -0.848. The molecule has 1 aliphatic rings.